The standard InChI is InChI=1S/C17H20ClNO3S.C9H16N2O5/c1-22-17(21)16(13-5-3-4-6-14(13)18)19-9-7-15(23-2)12(11-19)8-10-20;1-2-6(9(15)16)11-7(12)4-3-5(10)8(13)14/h3-6,8,10,15-16H,7,9,11H2,1-2H3;5-6H,2-4,10H2,1H3,(H,11,12)(H,13,14)(H,15,16)/b12-8-;. The highest BCUT2D eigenvalue weighted by molar-refractivity contribution is 7.99. The van der Waals surface area contributed by atoms with Crippen LogP contribution in [0.3, 0.4) is 0 Å². The predicted molar refractivity (Wildman–Crippen MR) is 149 cm³/mol. The molecule has 1 aliphatic heterocycles. The summed E-state index contributed by atoms with van der Waals surface area (Å²) in [7, 11) is 1.38. The molecule has 0 aliphatic carbocycles. The summed E-state index contributed by atoms with van der Waals surface area (Å²) >= 11 is 8.01. The van der Waals surface area contributed by atoms with Crippen LogP contribution in [-0.4, -0.2) is 89.0 Å². The zero-order valence-corrected chi connectivity index (χ0v) is 23.7. The summed E-state index contributed by atoms with van der Waals surface area (Å²) in [5.74, 6) is -3.14. The Morgan fingerprint density at radius 1 is 1.26 bits per heavy atom. The lowest BCUT2D eigenvalue weighted by atomic mass is 9.98. The van der Waals surface area contributed by atoms with E-state index in [9.17, 15) is 24.0 Å². The summed E-state index contributed by atoms with van der Waals surface area (Å²) < 4.78 is 4.99. The van der Waals surface area contributed by atoms with Gasteiger partial charge in [0.1, 0.15) is 24.4 Å². The molecule has 1 amide bonds. The van der Waals surface area contributed by atoms with Crippen LogP contribution in [0.2, 0.25) is 5.02 Å². The van der Waals surface area contributed by atoms with E-state index < -0.39 is 36.0 Å². The number of allylic oxidation sites excluding steroid dienone is 1. The summed E-state index contributed by atoms with van der Waals surface area (Å²) in [5.41, 5.74) is 6.95. The quantitative estimate of drug-likeness (QED) is 0.161. The van der Waals surface area contributed by atoms with Crippen molar-refractivity contribution in [2.75, 3.05) is 26.5 Å². The van der Waals surface area contributed by atoms with E-state index in [1.165, 1.54) is 7.11 Å². The molecule has 0 aromatic heterocycles. The van der Waals surface area contributed by atoms with Crippen molar-refractivity contribution in [3.8, 4) is 0 Å². The number of amides is 1. The Labute approximate surface area is 237 Å². The lowest BCUT2D eigenvalue weighted by Crippen LogP contribution is -2.42. The number of hydrogen-bond acceptors (Lipinski definition) is 9. The number of carbonyl (C=O) groups excluding carboxylic acids is 3. The van der Waals surface area contributed by atoms with Crippen LogP contribution in [0, 0.1) is 0 Å². The van der Waals surface area contributed by atoms with E-state index in [2.05, 4.69) is 5.32 Å². The number of nitrogens with one attached hydrogen (secondary N) is 1. The summed E-state index contributed by atoms with van der Waals surface area (Å²) in [6.07, 6.45) is 5.48. The fourth-order valence-electron chi connectivity index (χ4n) is 3.92. The number of halogens is 1. The van der Waals surface area contributed by atoms with Crippen LogP contribution in [-0.2, 0) is 28.7 Å². The van der Waals surface area contributed by atoms with E-state index >= 15 is 0 Å². The van der Waals surface area contributed by atoms with Crippen molar-refractivity contribution in [1.82, 2.24) is 10.2 Å². The molecule has 4 unspecified atom stereocenters. The number of esters is 1. The van der Waals surface area contributed by atoms with Gasteiger partial charge in [0.05, 0.1) is 7.11 Å². The van der Waals surface area contributed by atoms with Crippen LogP contribution in [0.1, 0.15) is 44.2 Å². The zero-order valence-electron chi connectivity index (χ0n) is 22.2. The maximum atomic E-state index is 12.4. The number of carboxylic acid groups (broad SMARTS) is 2. The van der Waals surface area contributed by atoms with Gasteiger partial charge in [-0.2, -0.15) is 11.8 Å². The fraction of sp³-hybridized carbons (Fsp3) is 0.500. The molecule has 13 heteroatoms. The van der Waals surface area contributed by atoms with E-state index in [-0.39, 0.29) is 25.2 Å². The van der Waals surface area contributed by atoms with E-state index in [0.717, 1.165) is 30.4 Å². The van der Waals surface area contributed by atoms with E-state index in [0.29, 0.717) is 16.8 Å². The number of ether oxygens (including phenoxy) is 1. The normalized spacial score (nSPS) is 18.6. The topological polar surface area (TPSA) is 176 Å². The number of hydrogen-bond donors (Lipinski definition) is 4. The molecule has 1 aliphatic rings. The van der Waals surface area contributed by atoms with Crippen molar-refractivity contribution in [2.24, 2.45) is 5.73 Å². The van der Waals surface area contributed by atoms with Gasteiger partial charge in [-0.15, -0.1) is 0 Å². The molecular formula is C26H36ClN3O8S. The number of aldehydes is 1. The first kappa shape index (κ1) is 34.1. The van der Waals surface area contributed by atoms with Crippen molar-refractivity contribution in [3.63, 3.8) is 0 Å². The molecule has 0 spiro atoms. The van der Waals surface area contributed by atoms with Gasteiger partial charge in [0, 0.05) is 29.8 Å². The summed E-state index contributed by atoms with van der Waals surface area (Å²) in [4.78, 5) is 57.4. The van der Waals surface area contributed by atoms with Crippen molar-refractivity contribution in [2.45, 2.75) is 56.0 Å². The van der Waals surface area contributed by atoms with Gasteiger partial charge in [0.15, 0.2) is 0 Å². The molecule has 1 aromatic carbocycles. The van der Waals surface area contributed by atoms with Crippen molar-refractivity contribution >= 4 is 53.5 Å². The number of likely N-dealkylation sites (tertiary alicyclic amines) is 1. The third-order valence-corrected chi connectivity index (χ3v) is 7.53. The molecule has 216 valence electrons. The first-order chi connectivity index (χ1) is 18.5. The number of benzene rings is 1. The minimum atomic E-state index is -1.18. The second-order valence-electron chi connectivity index (χ2n) is 8.66. The highest BCUT2D eigenvalue weighted by Gasteiger charge is 2.34. The Kier molecular flexibility index (Phi) is 15.4. The van der Waals surface area contributed by atoms with Crippen molar-refractivity contribution < 1.29 is 38.9 Å². The number of rotatable bonds is 12. The van der Waals surface area contributed by atoms with Crippen molar-refractivity contribution in [1.29, 1.82) is 0 Å². The second kappa shape index (κ2) is 17.6. The fourth-order valence-corrected chi connectivity index (χ4v) is 4.95. The number of nitrogens with two attached hydrogens (primary N) is 1. The Bertz CT molecular complexity index is 1040. The van der Waals surface area contributed by atoms with Gasteiger partial charge in [-0.1, -0.05) is 36.7 Å². The smallest absolute Gasteiger partial charge is 0.327 e. The average molecular weight is 586 g/mol. The molecule has 1 saturated heterocycles. The molecule has 11 nitrogen and oxygen atoms in total. The molecule has 1 fully saturated rings. The number of thioether (sulfide) groups is 1. The first-order valence-electron chi connectivity index (χ1n) is 12.2. The molecule has 0 saturated carbocycles. The highest BCUT2D eigenvalue weighted by atomic mass is 35.5. The van der Waals surface area contributed by atoms with Crippen LogP contribution in [0.15, 0.2) is 35.9 Å². The zero-order chi connectivity index (χ0) is 29.5. The van der Waals surface area contributed by atoms with E-state index in [1.807, 2.05) is 29.4 Å². The number of nitrogens with zero attached hydrogens (tertiary/aromatic N) is 1. The Balaban J connectivity index is 0.000000420. The SMILES string of the molecule is CCC(NC(=O)CCC(N)C(=O)O)C(=O)O.COC(=O)C(c1ccccc1Cl)N1CCC(SC)/C(=C\C=O)C1. The maximum absolute atomic E-state index is 12.4. The van der Waals surface area contributed by atoms with Gasteiger partial charge in [-0.05, 0) is 48.8 Å². The summed E-state index contributed by atoms with van der Waals surface area (Å²) in [6.45, 7) is 2.92. The molecule has 1 heterocycles. The molecule has 2 rings (SSSR count). The molecule has 0 radical (unpaired) electrons. The van der Waals surface area contributed by atoms with Gasteiger partial charge in [-0.25, -0.2) is 9.59 Å². The highest BCUT2D eigenvalue weighted by Crippen LogP contribution is 2.34. The monoisotopic (exact) mass is 585 g/mol. The van der Waals surface area contributed by atoms with Gasteiger partial charge < -0.3 is 26.0 Å². The molecule has 5 N–H and O–H groups in total. The van der Waals surface area contributed by atoms with Gasteiger partial charge in [0.25, 0.3) is 0 Å². The lowest BCUT2D eigenvalue weighted by Gasteiger charge is -2.37. The minimum Gasteiger partial charge on any atom is -0.480 e. The largest absolute Gasteiger partial charge is 0.480 e. The number of carbonyl (C=O) groups is 5. The number of methoxy groups -OCH3 is 1. The third kappa shape index (κ3) is 11.0. The number of carboxylic acids is 2. The Morgan fingerprint density at radius 2 is 1.92 bits per heavy atom. The van der Waals surface area contributed by atoms with Crippen LogP contribution in [0.4, 0.5) is 0 Å². The predicted octanol–water partition coefficient (Wildman–Crippen LogP) is 2.27. The van der Waals surface area contributed by atoms with Crippen LogP contribution in [0.25, 0.3) is 0 Å². The van der Waals surface area contributed by atoms with Gasteiger partial charge in [0.2, 0.25) is 5.91 Å². The number of aliphatic carboxylic acids is 2. The summed E-state index contributed by atoms with van der Waals surface area (Å²) in [6, 6.07) is 4.69. The second-order valence-corrected chi connectivity index (χ2v) is 10.1. The van der Waals surface area contributed by atoms with Crippen LogP contribution >= 0.6 is 23.4 Å². The Morgan fingerprint density at radius 3 is 2.44 bits per heavy atom. The van der Waals surface area contributed by atoms with Crippen LogP contribution in [0.5, 0.6) is 0 Å². The van der Waals surface area contributed by atoms with Crippen molar-refractivity contribution in [3.05, 3.63) is 46.5 Å². The minimum absolute atomic E-state index is 0.0166. The summed E-state index contributed by atoms with van der Waals surface area (Å²) in [5, 5.41) is 20.2. The Hall–Kier alpha value is -2.93. The van der Waals surface area contributed by atoms with Crippen LogP contribution < -0.4 is 11.1 Å². The maximum Gasteiger partial charge on any atom is 0.327 e. The molecular weight excluding hydrogens is 550 g/mol. The van der Waals surface area contributed by atoms with Gasteiger partial charge in [-0.3, -0.25) is 19.3 Å². The third-order valence-electron chi connectivity index (χ3n) is 6.07. The van der Waals surface area contributed by atoms with E-state index in [1.54, 1.807) is 30.8 Å². The lowest BCUT2D eigenvalue weighted by molar-refractivity contribution is -0.147. The number of piperidine rings is 1. The molecule has 4 atom stereocenters. The van der Waals surface area contributed by atoms with E-state index in [4.69, 9.17) is 32.3 Å². The average Bonchev–Trinajstić information content (AvgIpc) is 2.91. The molecule has 1 aromatic rings. The van der Waals surface area contributed by atoms with Gasteiger partial charge >= 0.3 is 17.9 Å². The molecule has 0 bridgehead atoms. The first-order valence-corrected chi connectivity index (χ1v) is 13.9. The molecule has 39 heavy (non-hydrogen) atoms.